The average molecular weight is 267 g/mol. The van der Waals surface area contributed by atoms with E-state index in [2.05, 4.69) is 15.3 Å². The molecule has 5 nitrogen and oxygen atoms in total. The Morgan fingerprint density at radius 2 is 2.22 bits per heavy atom. The molecule has 98 valence electrons. The molecule has 0 aliphatic carbocycles. The lowest BCUT2D eigenvalue weighted by atomic mass is 10.2. The summed E-state index contributed by atoms with van der Waals surface area (Å²) >= 11 is 0. The number of nitrogens with one attached hydrogen (secondary N) is 1. The molecule has 1 aromatic heterocycles. The number of rotatable bonds is 5. The van der Waals surface area contributed by atoms with Crippen LogP contribution in [0.25, 0.3) is 0 Å². The topological polar surface area (TPSA) is 71.4 Å². The lowest BCUT2D eigenvalue weighted by molar-refractivity contribution is 0.561. The minimum absolute atomic E-state index is 0.103. The van der Waals surface area contributed by atoms with Crippen molar-refractivity contribution in [3.63, 3.8) is 0 Å². The molecule has 6 heteroatoms. The van der Waals surface area contributed by atoms with Crippen LogP contribution in [0.1, 0.15) is 12.0 Å². The molecule has 0 saturated carbocycles. The number of aliphatic imine (C=N–C) groups is 1. The van der Waals surface area contributed by atoms with Gasteiger partial charge in [-0.1, -0.05) is 0 Å². The molecule has 1 aliphatic rings. The Morgan fingerprint density at radius 3 is 2.89 bits per heavy atom. The molecule has 0 unspecified atom stereocenters. The smallest absolute Gasteiger partial charge is 0.151 e. The van der Waals surface area contributed by atoms with Gasteiger partial charge in [-0.2, -0.15) is 0 Å². The van der Waals surface area contributed by atoms with Crippen molar-refractivity contribution in [2.75, 3.05) is 24.6 Å². The Balaban J connectivity index is 1.66. The summed E-state index contributed by atoms with van der Waals surface area (Å²) in [4.78, 5) is 8.20. The van der Waals surface area contributed by atoms with E-state index in [0.717, 1.165) is 12.0 Å². The first-order valence-corrected chi connectivity index (χ1v) is 7.81. The van der Waals surface area contributed by atoms with E-state index >= 15 is 0 Å². The van der Waals surface area contributed by atoms with E-state index in [1.165, 1.54) is 0 Å². The molecule has 1 aliphatic heterocycles. The number of hydrogen-bond donors (Lipinski definition) is 1. The van der Waals surface area contributed by atoms with Crippen LogP contribution < -0.4 is 5.32 Å². The SMILES string of the molecule is O=S1(=O)CC[C@H](NCCN=Cc2ccncc2)C1. The van der Waals surface area contributed by atoms with Gasteiger partial charge in [0.1, 0.15) is 0 Å². The van der Waals surface area contributed by atoms with Crippen molar-refractivity contribution >= 4 is 16.1 Å². The third-order valence-corrected chi connectivity index (χ3v) is 4.62. The third kappa shape index (κ3) is 4.19. The molecule has 1 aromatic rings. The van der Waals surface area contributed by atoms with Crippen molar-refractivity contribution in [1.29, 1.82) is 0 Å². The minimum Gasteiger partial charge on any atom is -0.311 e. The summed E-state index contributed by atoms with van der Waals surface area (Å²) in [6, 6.07) is 3.88. The van der Waals surface area contributed by atoms with Crippen LogP contribution in [0.15, 0.2) is 29.5 Å². The molecule has 0 radical (unpaired) electrons. The molecule has 2 rings (SSSR count). The fourth-order valence-electron chi connectivity index (χ4n) is 1.91. The molecule has 0 bridgehead atoms. The van der Waals surface area contributed by atoms with Gasteiger partial charge in [-0.25, -0.2) is 8.42 Å². The van der Waals surface area contributed by atoms with E-state index in [1.54, 1.807) is 18.6 Å². The summed E-state index contributed by atoms with van der Waals surface area (Å²) in [6.45, 7) is 1.36. The second kappa shape index (κ2) is 6.06. The number of hydrogen-bond acceptors (Lipinski definition) is 5. The Bertz CT molecular complexity index is 499. The first-order chi connectivity index (χ1) is 8.66. The molecule has 1 atom stereocenters. The zero-order valence-electron chi connectivity index (χ0n) is 10.1. The van der Waals surface area contributed by atoms with Crippen molar-refractivity contribution < 1.29 is 8.42 Å². The maximum Gasteiger partial charge on any atom is 0.151 e. The molecular weight excluding hydrogens is 250 g/mol. The second-order valence-electron chi connectivity index (χ2n) is 4.37. The summed E-state index contributed by atoms with van der Waals surface area (Å²) in [6.07, 6.45) is 5.97. The van der Waals surface area contributed by atoms with Crippen LogP contribution in [0.3, 0.4) is 0 Å². The van der Waals surface area contributed by atoms with Gasteiger partial charge >= 0.3 is 0 Å². The molecule has 18 heavy (non-hydrogen) atoms. The average Bonchev–Trinajstić information content (AvgIpc) is 2.70. The molecule has 2 heterocycles. The summed E-state index contributed by atoms with van der Waals surface area (Å²) in [7, 11) is -2.79. The first kappa shape index (κ1) is 13.2. The highest BCUT2D eigenvalue weighted by atomic mass is 32.2. The van der Waals surface area contributed by atoms with Crippen molar-refractivity contribution in [3.05, 3.63) is 30.1 Å². The lowest BCUT2D eigenvalue weighted by Crippen LogP contribution is -2.32. The zero-order chi connectivity index (χ0) is 12.8. The quantitative estimate of drug-likeness (QED) is 0.614. The Morgan fingerprint density at radius 1 is 1.44 bits per heavy atom. The van der Waals surface area contributed by atoms with Crippen molar-refractivity contribution in [1.82, 2.24) is 10.3 Å². The van der Waals surface area contributed by atoms with Crippen LogP contribution >= 0.6 is 0 Å². The van der Waals surface area contributed by atoms with Gasteiger partial charge in [0, 0.05) is 31.2 Å². The van der Waals surface area contributed by atoms with Crippen LogP contribution in [0.5, 0.6) is 0 Å². The van der Waals surface area contributed by atoms with E-state index in [4.69, 9.17) is 0 Å². The van der Waals surface area contributed by atoms with Gasteiger partial charge in [0.25, 0.3) is 0 Å². The summed E-state index contributed by atoms with van der Waals surface area (Å²) < 4.78 is 22.5. The number of nitrogens with zero attached hydrogens (tertiary/aromatic N) is 2. The van der Waals surface area contributed by atoms with Crippen molar-refractivity contribution in [2.24, 2.45) is 4.99 Å². The van der Waals surface area contributed by atoms with E-state index in [-0.39, 0.29) is 11.8 Å². The Kier molecular flexibility index (Phi) is 4.43. The maximum atomic E-state index is 11.2. The highest BCUT2D eigenvalue weighted by Gasteiger charge is 2.26. The molecule has 1 N–H and O–H groups in total. The monoisotopic (exact) mass is 267 g/mol. The molecule has 0 amide bonds. The Hall–Kier alpha value is -1.27. The molecule has 1 saturated heterocycles. The van der Waals surface area contributed by atoms with Crippen LogP contribution in [-0.4, -0.2) is 50.3 Å². The lowest BCUT2D eigenvalue weighted by Gasteiger charge is -2.08. The summed E-state index contributed by atoms with van der Waals surface area (Å²) in [5, 5.41) is 3.22. The third-order valence-electron chi connectivity index (χ3n) is 2.85. The molecular formula is C12H17N3O2S. The highest BCUT2D eigenvalue weighted by Crippen LogP contribution is 2.10. The van der Waals surface area contributed by atoms with Gasteiger partial charge < -0.3 is 5.32 Å². The normalized spacial score (nSPS) is 22.6. The van der Waals surface area contributed by atoms with E-state index in [1.807, 2.05) is 12.1 Å². The van der Waals surface area contributed by atoms with E-state index in [0.29, 0.717) is 18.8 Å². The predicted octanol–water partition coefficient (Wildman–Crippen LogP) is 0.277. The van der Waals surface area contributed by atoms with Gasteiger partial charge in [0.15, 0.2) is 9.84 Å². The van der Waals surface area contributed by atoms with Crippen LogP contribution in [0, 0.1) is 0 Å². The first-order valence-electron chi connectivity index (χ1n) is 5.99. The highest BCUT2D eigenvalue weighted by molar-refractivity contribution is 7.91. The fourth-order valence-corrected chi connectivity index (χ4v) is 3.62. The van der Waals surface area contributed by atoms with E-state index in [9.17, 15) is 8.42 Å². The predicted molar refractivity (Wildman–Crippen MR) is 71.8 cm³/mol. The second-order valence-corrected chi connectivity index (χ2v) is 6.60. The van der Waals surface area contributed by atoms with Gasteiger partial charge in [-0.05, 0) is 24.1 Å². The minimum atomic E-state index is -2.79. The van der Waals surface area contributed by atoms with Crippen LogP contribution in [0.4, 0.5) is 0 Å². The molecule has 0 aromatic carbocycles. The molecule has 0 spiro atoms. The summed E-state index contributed by atoms with van der Waals surface area (Å²) in [5.74, 6) is 0.575. The number of pyridine rings is 1. The summed E-state index contributed by atoms with van der Waals surface area (Å²) in [5.41, 5.74) is 1.02. The van der Waals surface area contributed by atoms with Crippen molar-refractivity contribution in [2.45, 2.75) is 12.5 Å². The van der Waals surface area contributed by atoms with Crippen LogP contribution in [0.2, 0.25) is 0 Å². The van der Waals surface area contributed by atoms with Gasteiger partial charge in [0.2, 0.25) is 0 Å². The van der Waals surface area contributed by atoms with Crippen LogP contribution in [-0.2, 0) is 9.84 Å². The Labute approximate surface area is 107 Å². The maximum absolute atomic E-state index is 11.2. The largest absolute Gasteiger partial charge is 0.311 e. The van der Waals surface area contributed by atoms with Gasteiger partial charge in [0.05, 0.1) is 18.1 Å². The van der Waals surface area contributed by atoms with E-state index < -0.39 is 9.84 Å². The zero-order valence-corrected chi connectivity index (χ0v) is 10.9. The van der Waals surface area contributed by atoms with Gasteiger partial charge in [-0.3, -0.25) is 9.98 Å². The number of sulfone groups is 1. The molecule has 1 fully saturated rings. The standard InChI is InChI=1S/C12H17N3O2S/c16-18(17)8-3-12(10-18)15-7-6-14-9-11-1-4-13-5-2-11/h1-2,4-5,9,12,15H,3,6-8,10H2/t12-/m0/s1. The fraction of sp³-hybridized carbons (Fsp3) is 0.500. The van der Waals surface area contributed by atoms with Crippen molar-refractivity contribution in [3.8, 4) is 0 Å². The van der Waals surface area contributed by atoms with Gasteiger partial charge in [-0.15, -0.1) is 0 Å². The number of aromatic nitrogens is 1.